The Morgan fingerprint density at radius 1 is 1.60 bits per heavy atom. The SMILES string of the molecule is COCCCSC(CN)c1ccc(Cl)s1. The summed E-state index contributed by atoms with van der Waals surface area (Å²) in [5, 5.41) is 0.374. The monoisotopic (exact) mass is 265 g/mol. The van der Waals surface area contributed by atoms with E-state index in [0.29, 0.717) is 11.8 Å². The molecule has 0 amide bonds. The Kier molecular flexibility index (Phi) is 6.68. The molecule has 1 unspecified atom stereocenters. The summed E-state index contributed by atoms with van der Waals surface area (Å²) < 4.78 is 5.84. The van der Waals surface area contributed by atoms with Crippen LogP contribution in [0.1, 0.15) is 16.5 Å². The Bertz CT molecular complexity index is 280. The predicted molar refractivity (Wildman–Crippen MR) is 70.1 cm³/mol. The zero-order chi connectivity index (χ0) is 11.1. The summed E-state index contributed by atoms with van der Waals surface area (Å²) in [4.78, 5) is 1.27. The van der Waals surface area contributed by atoms with Gasteiger partial charge >= 0.3 is 0 Å². The van der Waals surface area contributed by atoms with E-state index in [0.717, 1.165) is 23.1 Å². The first kappa shape index (κ1) is 13.3. The highest BCUT2D eigenvalue weighted by Gasteiger charge is 2.12. The van der Waals surface area contributed by atoms with Crippen LogP contribution in [-0.4, -0.2) is 26.0 Å². The van der Waals surface area contributed by atoms with Gasteiger partial charge in [0.25, 0.3) is 0 Å². The lowest BCUT2D eigenvalue weighted by atomic mass is 10.3. The van der Waals surface area contributed by atoms with E-state index in [9.17, 15) is 0 Å². The third kappa shape index (κ3) is 4.74. The Balaban J connectivity index is 2.35. The van der Waals surface area contributed by atoms with Gasteiger partial charge < -0.3 is 10.5 Å². The molecule has 0 fully saturated rings. The summed E-state index contributed by atoms with van der Waals surface area (Å²) in [7, 11) is 1.73. The van der Waals surface area contributed by atoms with Gasteiger partial charge in [0.1, 0.15) is 0 Å². The fourth-order valence-corrected chi connectivity index (χ4v) is 3.55. The summed E-state index contributed by atoms with van der Waals surface area (Å²) in [6.45, 7) is 1.48. The Hall–Kier alpha value is 0.260. The first-order chi connectivity index (χ1) is 7.27. The standard InChI is InChI=1S/C10H16ClNOS2/c1-13-5-2-6-14-9(7-12)8-3-4-10(11)15-8/h3-4,9H,2,5-7,12H2,1H3. The second kappa shape index (κ2) is 7.52. The smallest absolute Gasteiger partial charge is 0.0931 e. The van der Waals surface area contributed by atoms with Gasteiger partial charge in [-0.2, -0.15) is 11.8 Å². The summed E-state index contributed by atoms with van der Waals surface area (Å²) in [5.74, 6) is 1.07. The molecular weight excluding hydrogens is 250 g/mol. The quantitative estimate of drug-likeness (QED) is 0.769. The first-order valence-electron chi connectivity index (χ1n) is 4.83. The van der Waals surface area contributed by atoms with Crippen molar-refractivity contribution in [3.63, 3.8) is 0 Å². The third-order valence-corrected chi connectivity index (χ3v) is 4.80. The van der Waals surface area contributed by atoms with Crippen molar-refractivity contribution < 1.29 is 4.74 Å². The van der Waals surface area contributed by atoms with Crippen LogP contribution in [0.4, 0.5) is 0 Å². The number of thioether (sulfide) groups is 1. The van der Waals surface area contributed by atoms with Crippen LogP contribution in [0.2, 0.25) is 4.34 Å². The first-order valence-corrected chi connectivity index (χ1v) is 7.08. The minimum Gasteiger partial charge on any atom is -0.385 e. The van der Waals surface area contributed by atoms with Crippen LogP contribution >= 0.6 is 34.7 Å². The van der Waals surface area contributed by atoms with Gasteiger partial charge in [-0.3, -0.25) is 0 Å². The average molecular weight is 266 g/mol. The highest BCUT2D eigenvalue weighted by atomic mass is 35.5. The van der Waals surface area contributed by atoms with Crippen LogP contribution in [0.3, 0.4) is 0 Å². The second-order valence-corrected chi connectivity index (χ2v) is 6.14. The fraction of sp³-hybridized carbons (Fsp3) is 0.600. The van der Waals surface area contributed by atoms with Crippen molar-refractivity contribution in [2.75, 3.05) is 26.0 Å². The van der Waals surface area contributed by atoms with Gasteiger partial charge in [-0.1, -0.05) is 11.6 Å². The Morgan fingerprint density at radius 2 is 2.40 bits per heavy atom. The van der Waals surface area contributed by atoms with E-state index in [1.54, 1.807) is 18.4 Å². The molecule has 0 saturated carbocycles. The number of rotatable bonds is 7. The summed E-state index contributed by atoms with van der Waals surface area (Å²) in [6, 6.07) is 3.99. The number of nitrogens with two attached hydrogens (primary N) is 1. The maximum Gasteiger partial charge on any atom is 0.0931 e. The van der Waals surface area contributed by atoms with Crippen molar-refractivity contribution in [2.24, 2.45) is 5.73 Å². The van der Waals surface area contributed by atoms with Gasteiger partial charge in [0.05, 0.1) is 9.59 Å². The molecule has 0 saturated heterocycles. The number of hydrogen-bond donors (Lipinski definition) is 1. The molecule has 15 heavy (non-hydrogen) atoms. The summed E-state index contributed by atoms with van der Waals surface area (Å²) in [6.07, 6.45) is 1.07. The highest BCUT2D eigenvalue weighted by molar-refractivity contribution is 7.99. The Morgan fingerprint density at radius 3 is 2.93 bits per heavy atom. The average Bonchev–Trinajstić information content (AvgIpc) is 2.65. The molecule has 0 aliphatic carbocycles. The molecule has 0 aliphatic rings. The van der Waals surface area contributed by atoms with Crippen molar-refractivity contribution in [1.29, 1.82) is 0 Å². The van der Waals surface area contributed by atoms with Crippen molar-refractivity contribution in [1.82, 2.24) is 0 Å². The van der Waals surface area contributed by atoms with E-state index in [-0.39, 0.29) is 0 Å². The van der Waals surface area contributed by atoms with Crippen molar-refractivity contribution in [3.05, 3.63) is 21.3 Å². The van der Waals surface area contributed by atoms with E-state index >= 15 is 0 Å². The molecule has 1 atom stereocenters. The highest BCUT2D eigenvalue weighted by Crippen LogP contribution is 2.34. The molecule has 0 bridgehead atoms. The summed E-state index contributed by atoms with van der Waals surface area (Å²) in [5.41, 5.74) is 5.74. The maximum atomic E-state index is 5.89. The number of methoxy groups -OCH3 is 1. The predicted octanol–water partition coefficient (Wildman–Crippen LogP) is 3.17. The lowest BCUT2D eigenvalue weighted by Gasteiger charge is -2.11. The lowest BCUT2D eigenvalue weighted by Crippen LogP contribution is -2.09. The molecule has 1 aromatic rings. The van der Waals surface area contributed by atoms with Crippen LogP contribution < -0.4 is 5.73 Å². The normalized spacial score (nSPS) is 13.0. The van der Waals surface area contributed by atoms with Gasteiger partial charge in [-0.05, 0) is 24.3 Å². The molecule has 1 aromatic heterocycles. The zero-order valence-electron chi connectivity index (χ0n) is 8.74. The molecule has 0 aromatic carbocycles. The molecule has 5 heteroatoms. The third-order valence-electron chi connectivity index (χ3n) is 1.94. The van der Waals surface area contributed by atoms with Gasteiger partial charge in [-0.15, -0.1) is 11.3 Å². The summed E-state index contributed by atoms with van der Waals surface area (Å²) >= 11 is 9.39. The fourth-order valence-electron chi connectivity index (χ4n) is 1.20. The Labute approximate surface area is 104 Å². The lowest BCUT2D eigenvalue weighted by molar-refractivity contribution is 0.200. The van der Waals surface area contributed by atoms with Gasteiger partial charge in [-0.25, -0.2) is 0 Å². The molecule has 1 heterocycles. The van der Waals surface area contributed by atoms with Crippen LogP contribution in [0, 0.1) is 0 Å². The van der Waals surface area contributed by atoms with Crippen LogP contribution in [0.15, 0.2) is 12.1 Å². The molecule has 2 N–H and O–H groups in total. The topological polar surface area (TPSA) is 35.2 Å². The largest absolute Gasteiger partial charge is 0.385 e. The van der Waals surface area contributed by atoms with Gasteiger partial charge in [0.15, 0.2) is 0 Å². The van der Waals surface area contributed by atoms with E-state index in [1.165, 1.54) is 4.88 Å². The minimum atomic E-state index is 0.374. The molecule has 1 rings (SSSR count). The van der Waals surface area contributed by atoms with E-state index in [1.807, 2.05) is 17.8 Å². The van der Waals surface area contributed by atoms with E-state index in [4.69, 9.17) is 22.1 Å². The zero-order valence-corrected chi connectivity index (χ0v) is 11.1. The van der Waals surface area contributed by atoms with E-state index < -0.39 is 0 Å². The van der Waals surface area contributed by atoms with Crippen molar-refractivity contribution in [3.8, 4) is 0 Å². The maximum absolute atomic E-state index is 5.89. The number of ether oxygens (including phenoxy) is 1. The van der Waals surface area contributed by atoms with E-state index in [2.05, 4.69) is 6.07 Å². The molecule has 0 aliphatic heterocycles. The van der Waals surface area contributed by atoms with Crippen LogP contribution in [0.25, 0.3) is 0 Å². The number of hydrogen-bond acceptors (Lipinski definition) is 4. The molecule has 2 nitrogen and oxygen atoms in total. The number of halogens is 1. The molecule has 0 spiro atoms. The number of thiophene rings is 1. The van der Waals surface area contributed by atoms with Gasteiger partial charge in [0.2, 0.25) is 0 Å². The second-order valence-electron chi connectivity index (χ2n) is 3.08. The van der Waals surface area contributed by atoms with Crippen LogP contribution in [-0.2, 0) is 4.74 Å². The molecule has 86 valence electrons. The van der Waals surface area contributed by atoms with Crippen molar-refractivity contribution in [2.45, 2.75) is 11.7 Å². The minimum absolute atomic E-state index is 0.374. The molecular formula is C10H16ClNOS2. The van der Waals surface area contributed by atoms with Crippen molar-refractivity contribution >= 4 is 34.7 Å². The van der Waals surface area contributed by atoms with Crippen LogP contribution in [0.5, 0.6) is 0 Å². The van der Waals surface area contributed by atoms with Gasteiger partial charge in [0, 0.05) is 25.1 Å². The molecule has 0 radical (unpaired) electrons.